The normalized spacial score (nSPS) is 18.0. The molecule has 11 nitrogen and oxygen atoms in total. The highest BCUT2D eigenvalue weighted by molar-refractivity contribution is 5.90. The topological polar surface area (TPSA) is 163 Å². The lowest BCUT2D eigenvalue weighted by molar-refractivity contribution is -0.141. The van der Waals surface area contributed by atoms with Crippen molar-refractivity contribution >= 4 is 23.8 Å². The molecule has 4 rings (SSSR count). The molecule has 0 radical (unpaired) electrons. The number of nitrogens with zero attached hydrogens (tertiary/aromatic N) is 1. The van der Waals surface area contributed by atoms with Gasteiger partial charge in [0, 0.05) is 12.1 Å². The van der Waals surface area contributed by atoms with Crippen LogP contribution >= 0.6 is 0 Å². The fraction of sp³-hybridized carbons (Fsp3) is 0.421. The van der Waals surface area contributed by atoms with Gasteiger partial charge in [0.1, 0.15) is 12.6 Å². The van der Waals surface area contributed by atoms with Crippen molar-refractivity contribution in [3.63, 3.8) is 0 Å². The third-order valence-electron chi connectivity index (χ3n) is 8.74. The second kappa shape index (κ2) is 17.6. The van der Waals surface area contributed by atoms with Gasteiger partial charge in [-0.25, -0.2) is 4.79 Å². The summed E-state index contributed by atoms with van der Waals surface area (Å²) in [6, 6.07) is 25.8. The maximum atomic E-state index is 14.1. The second-order valence-electron chi connectivity index (χ2n) is 13.6. The molecular formula is C38H49N5O6. The van der Waals surface area contributed by atoms with Crippen LogP contribution in [0.4, 0.5) is 4.79 Å². The SMILES string of the molecule is CC(C)(C)N(C[C@@H](O)[C@H](Cc1ccccc1)NC(=O)[C@H](CC(N)=O)NC(=O)OCc1ccccc1)C(=O)[C@@H]1C[C@H](c2ccccc2)CCN1. The van der Waals surface area contributed by atoms with Crippen LogP contribution in [0.2, 0.25) is 0 Å². The Morgan fingerprint density at radius 2 is 1.51 bits per heavy atom. The van der Waals surface area contributed by atoms with Crippen LogP contribution in [0.3, 0.4) is 0 Å². The van der Waals surface area contributed by atoms with Crippen LogP contribution in [0.1, 0.15) is 62.6 Å². The lowest BCUT2D eigenvalue weighted by Gasteiger charge is -2.42. The number of ether oxygens (including phenoxy) is 1. The fourth-order valence-corrected chi connectivity index (χ4v) is 6.08. The molecule has 0 spiro atoms. The zero-order chi connectivity index (χ0) is 35.4. The molecule has 262 valence electrons. The second-order valence-corrected chi connectivity index (χ2v) is 13.6. The Hall–Kier alpha value is -4.74. The molecule has 0 bridgehead atoms. The number of hydrogen-bond acceptors (Lipinski definition) is 7. The van der Waals surface area contributed by atoms with Crippen molar-refractivity contribution in [3.05, 3.63) is 108 Å². The molecule has 0 saturated carbocycles. The fourth-order valence-electron chi connectivity index (χ4n) is 6.08. The number of β-amino-alcohol motifs (C(OH)–C–C–N with tert-alkyl or cyclic N) is 1. The molecule has 0 unspecified atom stereocenters. The smallest absolute Gasteiger partial charge is 0.408 e. The Morgan fingerprint density at radius 1 is 0.918 bits per heavy atom. The van der Waals surface area contributed by atoms with E-state index in [0.29, 0.717) is 13.0 Å². The van der Waals surface area contributed by atoms with Crippen LogP contribution in [0.15, 0.2) is 91.0 Å². The van der Waals surface area contributed by atoms with Gasteiger partial charge in [0.25, 0.3) is 0 Å². The summed E-state index contributed by atoms with van der Waals surface area (Å²) in [6.45, 7) is 6.31. The van der Waals surface area contributed by atoms with Crippen molar-refractivity contribution in [2.75, 3.05) is 13.1 Å². The number of benzene rings is 3. The Labute approximate surface area is 288 Å². The average Bonchev–Trinajstić information content (AvgIpc) is 3.09. The highest BCUT2D eigenvalue weighted by atomic mass is 16.5. The highest BCUT2D eigenvalue weighted by Gasteiger charge is 2.38. The molecule has 0 aliphatic carbocycles. The number of carbonyl (C=O) groups excluding carboxylic acids is 4. The molecule has 1 aliphatic heterocycles. The summed E-state index contributed by atoms with van der Waals surface area (Å²) in [7, 11) is 0. The third kappa shape index (κ3) is 11.4. The lowest BCUT2D eigenvalue weighted by Crippen LogP contribution is -2.60. The third-order valence-corrected chi connectivity index (χ3v) is 8.74. The summed E-state index contributed by atoms with van der Waals surface area (Å²) in [5, 5.41) is 20.4. The van der Waals surface area contributed by atoms with E-state index in [1.807, 2.05) is 75.4 Å². The molecule has 1 aliphatic rings. The number of piperidine rings is 1. The molecule has 1 heterocycles. The molecule has 49 heavy (non-hydrogen) atoms. The number of nitrogens with two attached hydrogens (primary N) is 1. The van der Waals surface area contributed by atoms with Gasteiger partial charge in [0.15, 0.2) is 0 Å². The average molecular weight is 672 g/mol. The van der Waals surface area contributed by atoms with E-state index < -0.39 is 54.1 Å². The predicted octanol–water partition coefficient (Wildman–Crippen LogP) is 3.41. The van der Waals surface area contributed by atoms with Gasteiger partial charge >= 0.3 is 6.09 Å². The van der Waals surface area contributed by atoms with E-state index in [9.17, 15) is 24.3 Å². The molecule has 11 heteroatoms. The minimum absolute atomic E-state index is 0.0362. The number of aliphatic hydroxyl groups is 1. The first kappa shape index (κ1) is 37.1. The van der Waals surface area contributed by atoms with Crippen LogP contribution in [0, 0.1) is 0 Å². The minimum atomic E-state index is -1.35. The number of alkyl carbamates (subject to hydrolysis) is 1. The molecule has 4 amide bonds. The predicted molar refractivity (Wildman–Crippen MR) is 187 cm³/mol. The van der Waals surface area contributed by atoms with E-state index in [-0.39, 0.29) is 31.4 Å². The number of aliphatic hydroxyl groups excluding tert-OH is 1. The zero-order valence-electron chi connectivity index (χ0n) is 28.5. The molecule has 3 aromatic carbocycles. The van der Waals surface area contributed by atoms with Gasteiger partial charge in [-0.3, -0.25) is 14.4 Å². The van der Waals surface area contributed by atoms with Crippen LogP contribution in [0.25, 0.3) is 0 Å². The van der Waals surface area contributed by atoms with Crippen molar-refractivity contribution in [2.45, 2.75) is 88.7 Å². The van der Waals surface area contributed by atoms with Gasteiger partial charge in [-0.1, -0.05) is 91.0 Å². The Morgan fingerprint density at radius 3 is 2.10 bits per heavy atom. The van der Waals surface area contributed by atoms with E-state index in [4.69, 9.17) is 10.5 Å². The van der Waals surface area contributed by atoms with Gasteiger partial charge in [-0.05, 0) is 69.2 Å². The van der Waals surface area contributed by atoms with E-state index >= 15 is 0 Å². The van der Waals surface area contributed by atoms with Crippen LogP contribution in [-0.2, 0) is 32.1 Å². The summed E-state index contributed by atoms with van der Waals surface area (Å²) >= 11 is 0. The maximum absolute atomic E-state index is 14.1. The van der Waals surface area contributed by atoms with Gasteiger partial charge < -0.3 is 36.4 Å². The van der Waals surface area contributed by atoms with E-state index in [1.54, 1.807) is 29.2 Å². The van der Waals surface area contributed by atoms with Gasteiger partial charge in [-0.15, -0.1) is 0 Å². The molecule has 3 aromatic rings. The minimum Gasteiger partial charge on any atom is -0.445 e. The monoisotopic (exact) mass is 671 g/mol. The largest absolute Gasteiger partial charge is 0.445 e. The van der Waals surface area contributed by atoms with Crippen LogP contribution < -0.4 is 21.7 Å². The standard InChI is InChI=1S/C38H49N5O6/c1-38(2,3)43(36(47)32-22-29(19-20-40-32)28-17-11-6-12-18-28)24-33(44)30(21-26-13-7-4-8-14-26)41-35(46)31(23-34(39)45)42-37(48)49-25-27-15-9-5-10-16-27/h4-18,29-33,40,44H,19-25H2,1-3H3,(H2,39,45)(H,41,46)(H,42,48)/t29-,30+,31+,32+,33-/m1/s1. The number of hydrogen-bond donors (Lipinski definition) is 5. The van der Waals surface area contributed by atoms with Gasteiger partial charge in [0.2, 0.25) is 17.7 Å². The molecular weight excluding hydrogens is 622 g/mol. The Bertz CT molecular complexity index is 1520. The van der Waals surface area contributed by atoms with Crippen molar-refractivity contribution in [1.29, 1.82) is 0 Å². The molecule has 5 atom stereocenters. The molecule has 0 aromatic heterocycles. The van der Waals surface area contributed by atoms with E-state index in [2.05, 4.69) is 28.1 Å². The number of nitrogens with one attached hydrogen (secondary N) is 3. The molecule has 6 N–H and O–H groups in total. The van der Waals surface area contributed by atoms with Crippen LogP contribution in [-0.4, -0.2) is 76.7 Å². The number of rotatable bonds is 14. The first-order chi connectivity index (χ1) is 23.4. The summed E-state index contributed by atoms with van der Waals surface area (Å²) in [4.78, 5) is 54.0. The van der Waals surface area contributed by atoms with Crippen molar-refractivity contribution in [2.24, 2.45) is 5.73 Å². The van der Waals surface area contributed by atoms with Crippen LogP contribution in [0.5, 0.6) is 0 Å². The number of primary amides is 1. The first-order valence-corrected chi connectivity index (χ1v) is 16.8. The van der Waals surface area contributed by atoms with Crippen molar-refractivity contribution in [1.82, 2.24) is 20.9 Å². The van der Waals surface area contributed by atoms with E-state index in [0.717, 1.165) is 17.5 Å². The van der Waals surface area contributed by atoms with Crippen molar-refractivity contribution in [3.8, 4) is 0 Å². The molecule has 1 fully saturated rings. The Balaban J connectivity index is 1.50. The maximum Gasteiger partial charge on any atom is 0.408 e. The zero-order valence-corrected chi connectivity index (χ0v) is 28.5. The lowest BCUT2D eigenvalue weighted by atomic mass is 9.85. The first-order valence-electron chi connectivity index (χ1n) is 16.8. The van der Waals surface area contributed by atoms with Gasteiger partial charge in [0.05, 0.1) is 24.6 Å². The molecule has 1 saturated heterocycles. The summed E-state index contributed by atoms with van der Waals surface area (Å²) in [6.07, 6.45) is -0.833. The highest BCUT2D eigenvalue weighted by Crippen LogP contribution is 2.29. The number of carbonyl (C=O) groups is 4. The van der Waals surface area contributed by atoms with E-state index in [1.165, 1.54) is 5.56 Å². The number of amides is 4. The summed E-state index contributed by atoms with van der Waals surface area (Å²) in [5.41, 5.74) is 7.56. The van der Waals surface area contributed by atoms with Crippen molar-refractivity contribution < 1.29 is 29.0 Å². The Kier molecular flexibility index (Phi) is 13.3. The summed E-state index contributed by atoms with van der Waals surface area (Å²) in [5.74, 6) is -1.43. The quantitative estimate of drug-likeness (QED) is 0.175. The van der Waals surface area contributed by atoms with Gasteiger partial charge in [-0.2, -0.15) is 0 Å². The summed E-state index contributed by atoms with van der Waals surface area (Å²) < 4.78 is 5.27.